The zero-order chi connectivity index (χ0) is 12.4. The van der Waals surface area contributed by atoms with E-state index in [1.165, 1.54) is 25.7 Å². The Morgan fingerprint density at radius 3 is 2.59 bits per heavy atom. The van der Waals surface area contributed by atoms with Gasteiger partial charge in [-0.3, -0.25) is 4.68 Å². The van der Waals surface area contributed by atoms with Crippen LogP contribution in [0.25, 0.3) is 0 Å². The number of aryl methyl sites for hydroxylation is 2. The first-order valence-corrected chi connectivity index (χ1v) is 6.77. The van der Waals surface area contributed by atoms with Gasteiger partial charge in [-0.15, -0.1) is 0 Å². The van der Waals surface area contributed by atoms with Gasteiger partial charge >= 0.3 is 0 Å². The molecule has 96 valence electrons. The second kappa shape index (κ2) is 4.98. The van der Waals surface area contributed by atoms with Crippen molar-refractivity contribution in [2.75, 3.05) is 17.2 Å². The van der Waals surface area contributed by atoms with Crippen LogP contribution in [0.5, 0.6) is 0 Å². The number of hydrogen-bond donors (Lipinski definition) is 1. The number of anilines is 2. The molecule has 1 aliphatic rings. The first-order chi connectivity index (χ1) is 8.19. The minimum atomic E-state index is 0.698. The van der Waals surface area contributed by atoms with Crippen molar-refractivity contribution in [1.29, 1.82) is 0 Å². The predicted octanol–water partition coefficient (Wildman–Crippen LogP) is 2.33. The number of nitrogen functional groups attached to an aromatic ring is 1. The SMILES string of the molecule is CCCCN(c1c(N)c(CC)nn1C)C1CC1. The van der Waals surface area contributed by atoms with E-state index < -0.39 is 0 Å². The Balaban J connectivity index is 2.25. The molecule has 0 atom stereocenters. The monoisotopic (exact) mass is 236 g/mol. The molecule has 4 heteroatoms. The average molecular weight is 236 g/mol. The number of aromatic nitrogens is 2. The fraction of sp³-hybridized carbons (Fsp3) is 0.769. The molecule has 1 aromatic rings. The highest BCUT2D eigenvalue weighted by molar-refractivity contribution is 5.67. The third-order valence-corrected chi connectivity index (χ3v) is 3.48. The highest BCUT2D eigenvalue weighted by Crippen LogP contribution is 2.36. The standard InChI is InChI=1S/C13H24N4/c1-4-6-9-17(10-7-8-10)13-12(14)11(5-2)15-16(13)3/h10H,4-9,14H2,1-3H3. The molecular formula is C13H24N4. The Morgan fingerprint density at radius 1 is 1.41 bits per heavy atom. The molecule has 17 heavy (non-hydrogen) atoms. The van der Waals surface area contributed by atoms with Crippen molar-refractivity contribution < 1.29 is 0 Å². The largest absolute Gasteiger partial charge is 0.394 e. The third-order valence-electron chi connectivity index (χ3n) is 3.48. The summed E-state index contributed by atoms with van der Waals surface area (Å²) < 4.78 is 1.96. The molecule has 1 fully saturated rings. The van der Waals surface area contributed by atoms with Crippen molar-refractivity contribution in [2.24, 2.45) is 7.05 Å². The maximum Gasteiger partial charge on any atom is 0.150 e. The molecule has 0 radical (unpaired) electrons. The Morgan fingerprint density at radius 2 is 2.12 bits per heavy atom. The zero-order valence-corrected chi connectivity index (χ0v) is 11.2. The zero-order valence-electron chi connectivity index (χ0n) is 11.2. The van der Waals surface area contributed by atoms with E-state index >= 15 is 0 Å². The van der Waals surface area contributed by atoms with E-state index in [1.54, 1.807) is 0 Å². The smallest absolute Gasteiger partial charge is 0.150 e. The van der Waals surface area contributed by atoms with Gasteiger partial charge in [0.25, 0.3) is 0 Å². The number of unbranched alkanes of at least 4 members (excludes halogenated alkanes) is 1. The second-order valence-electron chi connectivity index (χ2n) is 4.94. The van der Waals surface area contributed by atoms with Crippen molar-refractivity contribution in [3.63, 3.8) is 0 Å². The quantitative estimate of drug-likeness (QED) is 0.824. The predicted molar refractivity (Wildman–Crippen MR) is 72.3 cm³/mol. The van der Waals surface area contributed by atoms with Crippen molar-refractivity contribution in [1.82, 2.24) is 9.78 Å². The molecular weight excluding hydrogens is 212 g/mol. The summed E-state index contributed by atoms with van der Waals surface area (Å²) >= 11 is 0. The molecule has 4 nitrogen and oxygen atoms in total. The van der Waals surface area contributed by atoms with Crippen molar-refractivity contribution >= 4 is 11.5 Å². The summed E-state index contributed by atoms with van der Waals surface area (Å²) in [5.74, 6) is 1.14. The molecule has 2 rings (SSSR count). The lowest BCUT2D eigenvalue weighted by Crippen LogP contribution is -2.29. The third kappa shape index (κ3) is 2.40. The number of nitrogens with zero attached hydrogens (tertiary/aromatic N) is 3. The molecule has 0 spiro atoms. The van der Waals surface area contributed by atoms with Crippen LogP contribution in [0, 0.1) is 0 Å². The second-order valence-corrected chi connectivity index (χ2v) is 4.94. The van der Waals surface area contributed by atoms with Crippen LogP contribution in [0.2, 0.25) is 0 Å². The van der Waals surface area contributed by atoms with Gasteiger partial charge in [0.05, 0.1) is 11.4 Å². The van der Waals surface area contributed by atoms with E-state index in [1.807, 2.05) is 11.7 Å². The van der Waals surface area contributed by atoms with Crippen molar-refractivity contribution in [3.05, 3.63) is 5.69 Å². The van der Waals surface area contributed by atoms with Gasteiger partial charge in [-0.25, -0.2) is 0 Å². The molecule has 0 aromatic carbocycles. The minimum absolute atomic E-state index is 0.698. The van der Waals surface area contributed by atoms with E-state index in [0.29, 0.717) is 6.04 Å². The lowest BCUT2D eigenvalue weighted by Gasteiger charge is -2.24. The van der Waals surface area contributed by atoms with E-state index in [-0.39, 0.29) is 0 Å². The summed E-state index contributed by atoms with van der Waals surface area (Å²) in [5, 5.41) is 4.52. The number of hydrogen-bond acceptors (Lipinski definition) is 3. The highest BCUT2D eigenvalue weighted by atomic mass is 15.4. The average Bonchev–Trinajstić information content (AvgIpc) is 3.10. The van der Waals surface area contributed by atoms with Gasteiger partial charge in [0, 0.05) is 19.6 Å². The molecule has 0 unspecified atom stereocenters. The summed E-state index contributed by atoms with van der Waals surface area (Å²) in [6, 6.07) is 0.698. The van der Waals surface area contributed by atoms with Gasteiger partial charge in [0.15, 0.2) is 5.82 Å². The summed E-state index contributed by atoms with van der Waals surface area (Å²) in [5.41, 5.74) is 8.15. The molecule has 0 aliphatic heterocycles. The maximum absolute atomic E-state index is 6.23. The topological polar surface area (TPSA) is 47.1 Å². The summed E-state index contributed by atoms with van der Waals surface area (Å²) in [6.45, 7) is 5.44. The van der Waals surface area contributed by atoms with E-state index in [4.69, 9.17) is 5.73 Å². The first kappa shape index (κ1) is 12.3. The Labute approximate surface area is 104 Å². The van der Waals surface area contributed by atoms with E-state index in [0.717, 1.165) is 30.2 Å². The van der Waals surface area contributed by atoms with Crippen LogP contribution in [0.1, 0.15) is 45.2 Å². The lowest BCUT2D eigenvalue weighted by atomic mass is 10.2. The minimum Gasteiger partial charge on any atom is -0.394 e. The fourth-order valence-corrected chi connectivity index (χ4v) is 2.36. The van der Waals surface area contributed by atoms with Crippen LogP contribution in [-0.2, 0) is 13.5 Å². The molecule has 1 saturated carbocycles. The van der Waals surface area contributed by atoms with Gasteiger partial charge in [-0.05, 0) is 25.7 Å². The lowest BCUT2D eigenvalue weighted by molar-refractivity contribution is 0.661. The van der Waals surface area contributed by atoms with Crippen LogP contribution in [0.4, 0.5) is 11.5 Å². The number of nitrogens with two attached hydrogens (primary N) is 1. The molecule has 1 aliphatic carbocycles. The summed E-state index contributed by atoms with van der Waals surface area (Å²) in [7, 11) is 2.01. The van der Waals surface area contributed by atoms with Crippen LogP contribution >= 0.6 is 0 Å². The molecule has 0 saturated heterocycles. The normalized spacial score (nSPS) is 15.2. The molecule has 1 heterocycles. The van der Waals surface area contributed by atoms with Gasteiger partial charge < -0.3 is 10.6 Å². The first-order valence-electron chi connectivity index (χ1n) is 6.77. The Kier molecular flexibility index (Phi) is 3.60. The molecule has 2 N–H and O–H groups in total. The summed E-state index contributed by atoms with van der Waals surface area (Å²) in [6.07, 6.45) is 5.96. The summed E-state index contributed by atoms with van der Waals surface area (Å²) in [4.78, 5) is 2.46. The maximum atomic E-state index is 6.23. The van der Waals surface area contributed by atoms with Crippen LogP contribution in [0.15, 0.2) is 0 Å². The van der Waals surface area contributed by atoms with E-state index in [9.17, 15) is 0 Å². The molecule has 1 aromatic heterocycles. The molecule has 0 amide bonds. The van der Waals surface area contributed by atoms with Gasteiger partial charge in [0.2, 0.25) is 0 Å². The van der Waals surface area contributed by atoms with Gasteiger partial charge in [-0.2, -0.15) is 5.10 Å². The van der Waals surface area contributed by atoms with Crippen LogP contribution in [0.3, 0.4) is 0 Å². The van der Waals surface area contributed by atoms with E-state index in [2.05, 4.69) is 23.8 Å². The number of rotatable bonds is 6. The fourth-order valence-electron chi connectivity index (χ4n) is 2.36. The van der Waals surface area contributed by atoms with Gasteiger partial charge in [0.1, 0.15) is 0 Å². The van der Waals surface area contributed by atoms with Crippen molar-refractivity contribution in [2.45, 2.75) is 52.0 Å². The highest BCUT2D eigenvalue weighted by Gasteiger charge is 2.32. The van der Waals surface area contributed by atoms with Crippen LogP contribution < -0.4 is 10.6 Å². The van der Waals surface area contributed by atoms with Crippen LogP contribution in [-0.4, -0.2) is 22.4 Å². The Bertz CT molecular complexity index is 379. The molecule has 0 bridgehead atoms. The van der Waals surface area contributed by atoms with Crippen molar-refractivity contribution in [3.8, 4) is 0 Å². The Hall–Kier alpha value is -1.19. The van der Waals surface area contributed by atoms with Gasteiger partial charge in [-0.1, -0.05) is 20.3 Å².